The van der Waals surface area contributed by atoms with E-state index >= 15 is 0 Å². The standard InChI is InChI=1S/C7H5BrClF2N/c8-4-1-5(7(10)11)6(2-9)12-3-4/h1,3,7H,2H2. The van der Waals surface area contributed by atoms with Crippen molar-refractivity contribution in [3.8, 4) is 0 Å². The van der Waals surface area contributed by atoms with Gasteiger partial charge in [-0.25, -0.2) is 8.78 Å². The molecule has 1 aromatic heterocycles. The van der Waals surface area contributed by atoms with E-state index < -0.39 is 6.43 Å². The Balaban J connectivity index is 3.12. The molecule has 0 unspecified atom stereocenters. The maximum Gasteiger partial charge on any atom is 0.265 e. The largest absolute Gasteiger partial charge is 0.265 e. The molecule has 0 aliphatic rings. The monoisotopic (exact) mass is 255 g/mol. The van der Waals surface area contributed by atoms with Crippen LogP contribution in [0.5, 0.6) is 0 Å². The van der Waals surface area contributed by atoms with Gasteiger partial charge in [0.2, 0.25) is 0 Å². The summed E-state index contributed by atoms with van der Waals surface area (Å²) < 4.78 is 25.1. The van der Waals surface area contributed by atoms with Gasteiger partial charge in [-0.3, -0.25) is 4.98 Å². The van der Waals surface area contributed by atoms with Crippen LogP contribution in [0.4, 0.5) is 8.78 Å². The van der Waals surface area contributed by atoms with Gasteiger partial charge in [-0.1, -0.05) is 0 Å². The summed E-state index contributed by atoms with van der Waals surface area (Å²) in [4.78, 5) is 3.76. The highest BCUT2D eigenvalue weighted by atomic mass is 79.9. The zero-order chi connectivity index (χ0) is 9.14. The Bertz CT molecular complexity index is 280. The normalized spacial score (nSPS) is 10.8. The van der Waals surface area contributed by atoms with Crippen molar-refractivity contribution in [1.82, 2.24) is 4.98 Å². The summed E-state index contributed by atoms with van der Waals surface area (Å²) in [5.74, 6) is 0.00690. The summed E-state index contributed by atoms with van der Waals surface area (Å²) in [7, 11) is 0. The summed E-state index contributed by atoms with van der Waals surface area (Å²) in [5.41, 5.74) is 0.120. The molecule has 1 nitrogen and oxygen atoms in total. The zero-order valence-electron chi connectivity index (χ0n) is 5.90. The summed E-state index contributed by atoms with van der Waals surface area (Å²) in [5, 5.41) is 0. The van der Waals surface area contributed by atoms with E-state index in [-0.39, 0.29) is 17.1 Å². The van der Waals surface area contributed by atoms with Crippen LogP contribution in [0.1, 0.15) is 17.7 Å². The molecule has 66 valence electrons. The van der Waals surface area contributed by atoms with Crippen LogP contribution in [-0.2, 0) is 5.88 Å². The zero-order valence-corrected chi connectivity index (χ0v) is 8.24. The van der Waals surface area contributed by atoms with Crippen LogP contribution in [0.15, 0.2) is 16.7 Å². The van der Waals surface area contributed by atoms with Crippen molar-refractivity contribution in [2.24, 2.45) is 0 Å². The third-order valence-electron chi connectivity index (χ3n) is 1.33. The number of halogens is 4. The number of alkyl halides is 3. The Labute approximate surface area is 81.9 Å². The van der Waals surface area contributed by atoms with Gasteiger partial charge in [0, 0.05) is 16.2 Å². The Morgan fingerprint density at radius 3 is 2.75 bits per heavy atom. The van der Waals surface area contributed by atoms with Crippen molar-refractivity contribution in [2.45, 2.75) is 12.3 Å². The summed E-state index contributed by atoms with van der Waals surface area (Å²) >= 11 is 8.47. The van der Waals surface area contributed by atoms with Crippen LogP contribution < -0.4 is 0 Å². The molecule has 0 saturated heterocycles. The first-order valence-electron chi connectivity index (χ1n) is 3.13. The van der Waals surface area contributed by atoms with Gasteiger partial charge in [0.05, 0.1) is 11.6 Å². The number of rotatable bonds is 2. The molecule has 0 aliphatic heterocycles. The molecule has 0 spiro atoms. The van der Waals surface area contributed by atoms with Gasteiger partial charge >= 0.3 is 0 Å². The summed E-state index contributed by atoms with van der Waals surface area (Å²) in [6.07, 6.45) is -1.08. The van der Waals surface area contributed by atoms with E-state index in [2.05, 4.69) is 20.9 Å². The second kappa shape index (κ2) is 4.14. The minimum Gasteiger partial charge on any atom is -0.258 e. The molecule has 0 aliphatic carbocycles. The fraction of sp³-hybridized carbons (Fsp3) is 0.286. The van der Waals surface area contributed by atoms with Crippen LogP contribution >= 0.6 is 27.5 Å². The molecule has 1 rings (SSSR count). The first-order valence-corrected chi connectivity index (χ1v) is 4.46. The second-order valence-corrected chi connectivity index (χ2v) is 3.31. The molecular formula is C7H5BrClF2N. The van der Waals surface area contributed by atoms with E-state index in [9.17, 15) is 8.78 Å². The smallest absolute Gasteiger partial charge is 0.258 e. The lowest BCUT2D eigenvalue weighted by Crippen LogP contribution is -1.95. The van der Waals surface area contributed by atoms with E-state index in [1.165, 1.54) is 12.3 Å². The molecule has 1 aromatic rings. The van der Waals surface area contributed by atoms with Crippen molar-refractivity contribution < 1.29 is 8.78 Å². The highest BCUT2D eigenvalue weighted by molar-refractivity contribution is 9.10. The summed E-state index contributed by atoms with van der Waals surface area (Å²) in [6.45, 7) is 0. The molecule has 0 fully saturated rings. The van der Waals surface area contributed by atoms with Crippen molar-refractivity contribution in [3.05, 3.63) is 28.0 Å². The number of nitrogens with zero attached hydrogens (tertiary/aromatic N) is 1. The van der Waals surface area contributed by atoms with Crippen LogP contribution in [0, 0.1) is 0 Å². The SMILES string of the molecule is FC(F)c1cc(Br)cnc1CCl. The molecule has 0 saturated carbocycles. The van der Waals surface area contributed by atoms with Crippen LogP contribution in [0.3, 0.4) is 0 Å². The van der Waals surface area contributed by atoms with Gasteiger partial charge in [0.1, 0.15) is 0 Å². The molecule has 0 N–H and O–H groups in total. The average Bonchev–Trinajstić information content (AvgIpc) is 2.04. The number of pyridine rings is 1. The van der Waals surface area contributed by atoms with E-state index in [1.807, 2.05) is 0 Å². The highest BCUT2D eigenvalue weighted by Crippen LogP contribution is 2.25. The van der Waals surface area contributed by atoms with Crippen molar-refractivity contribution in [3.63, 3.8) is 0 Å². The molecule has 0 aromatic carbocycles. The minimum absolute atomic E-state index is 0.00690. The first-order chi connectivity index (χ1) is 5.65. The topological polar surface area (TPSA) is 12.9 Å². The molecule has 1 heterocycles. The van der Waals surface area contributed by atoms with Crippen LogP contribution in [0.25, 0.3) is 0 Å². The van der Waals surface area contributed by atoms with Gasteiger partial charge < -0.3 is 0 Å². The van der Waals surface area contributed by atoms with Gasteiger partial charge in [0.15, 0.2) is 0 Å². The first kappa shape index (κ1) is 9.86. The average molecular weight is 256 g/mol. The predicted octanol–water partition coefficient (Wildman–Crippen LogP) is 3.52. The third kappa shape index (κ3) is 2.14. The lowest BCUT2D eigenvalue weighted by molar-refractivity contribution is 0.150. The Hall–Kier alpha value is -0.220. The second-order valence-electron chi connectivity index (χ2n) is 2.12. The van der Waals surface area contributed by atoms with Crippen molar-refractivity contribution in [2.75, 3.05) is 0 Å². The molecule has 0 radical (unpaired) electrons. The third-order valence-corrected chi connectivity index (χ3v) is 2.02. The minimum atomic E-state index is -2.52. The number of hydrogen-bond acceptors (Lipinski definition) is 1. The Kier molecular flexibility index (Phi) is 3.40. The fourth-order valence-corrected chi connectivity index (χ4v) is 1.36. The molecule has 0 atom stereocenters. The van der Waals surface area contributed by atoms with Crippen molar-refractivity contribution in [1.29, 1.82) is 0 Å². The van der Waals surface area contributed by atoms with Crippen molar-refractivity contribution >= 4 is 27.5 Å². The van der Waals surface area contributed by atoms with Gasteiger partial charge in [-0.05, 0) is 22.0 Å². The maximum absolute atomic E-state index is 12.3. The van der Waals surface area contributed by atoms with Gasteiger partial charge in [-0.2, -0.15) is 0 Å². The molecular weight excluding hydrogens is 251 g/mol. The van der Waals surface area contributed by atoms with Crippen LogP contribution in [0.2, 0.25) is 0 Å². The predicted molar refractivity (Wildman–Crippen MR) is 46.5 cm³/mol. The van der Waals surface area contributed by atoms with E-state index in [0.29, 0.717) is 4.47 Å². The van der Waals surface area contributed by atoms with Gasteiger partial charge in [0.25, 0.3) is 6.43 Å². The Morgan fingerprint density at radius 1 is 1.58 bits per heavy atom. The lowest BCUT2D eigenvalue weighted by atomic mass is 10.2. The van der Waals surface area contributed by atoms with Gasteiger partial charge in [-0.15, -0.1) is 11.6 Å². The van der Waals surface area contributed by atoms with E-state index in [4.69, 9.17) is 11.6 Å². The Morgan fingerprint density at radius 2 is 2.25 bits per heavy atom. The molecule has 5 heteroatoms. The summed E-state index contributed by atoms with van der Waals surface area (Å²) in [6, 6.07) is 1.33. The maximum atomic E-state index is 12.3. The number of aromatic nitrogens is 1. The van der Waals surface area contributed by atoms with E-state index in [1.54, 1.807) is 0 Å². The lowest BCUT2D eigenvalue weighted by Gasteiger charge is -2.04. The fourth-order valence-electron chi connectivity index (χ4n) is 0.784. The van der Waals surface area contributed by atoms with Crippen LogP contribution in [-0.4, -0.2) is 4.98 Å². The number of hydrogen-bond donors (Lipinski definition) is 0. The van der Waals surface area contributed by atoms with E-state index in [0.717, 1.165) is 0 Å². The molecule has 0 bridgehead atoms. The molecule has 0 amide bonds. The molecule has 12 heavy (non-hydrogen) atoms. The quantitative estimate of drug-likeness (QED) is 0.738. The highest BCUT2D eigenvalue weighted by Gasteiger charge is 2.13.